The number of fused-ring (bicyclic) bond motifs is 1. The number of carbonyl (C=O) groups is 1. The molecular formula is C23H19N3OS2. The van der Waals surface area contributed by atoms with Crippen LogP contribution in [-0.4, -0.2) is 11.0 Å². The molecule has 0 radical (unpaired) electrons. The average Bonchev–Trinajstić information content (AvgIpc) is 3.30. The molecule has 6 heteroatoms. The van der Waals surface area contributed by atoms with E-state index in [-0.39, 0.29) is 11.0 Å². The van der Waals surface area contributed by atoms with Gasteiger partial charge in [0.2, 0.25) is 5.91 Å². The molecule has 4 rings (SSSR count). The molecule has 144 valence electrons. The molecule has 2 N–H and O–H groups in total. The molecule has 0 saturated carbocycles. The third kappa shape index (κ3) is 4.07. The molecule has 29 heavy (non-hydrogen) atoms. The molecule has 0 spiro atoms. The Morgan fingerprint density at radius 1 is 1.03 bits per heavy atom. The lowest BCUT2D eigenvalue weighted by Gasteiger charge is -2.18. The molecule has 0 unspecified atom stereocenters. The number of anilines is 1. The number of rotatable bonds is 4. The van der Waals surface area contributed by atoms with Gasteiger partial charge in [-0.1, -0.05) is 60.7 Å². The molecule has 1 heterocycles. The van der Waals surface area contributed by atoms with Crippen LogP contribution in [0.25, 0.3) is 0 Å². The SMILES string of the molecule is N#Cc1c(NC(=S)NC(=O)C(c2ccccc2)c2ccccc2)sc2c1CCC2. The topological polar surface area (TPSA) is 64.9 Å². The predicted octanol–water partition coefficient (Wildman–Crippen LogP) is 4.75. The van der Waals surface area contributed by atoms with E-state index in [2.05, 4.69) is 16.7 Å². The van der Waals surface area contributed by atoms with Crippen LogP contribution in [0.1, 0.15) is 39.5 Å². The summed E-state index contributed by atoms with van der Waals surface area (Å²) >= 11 is 6.96. The summed E-state index contributed by atoms with van der Waals surface area (Å²) in [4.78, 5) is 14.4. The Morgan fingerprint density at radius 2 is 1.66 bits per heavy atom. The molecule has 1 aromatic heterocycles. The Bertz CT molecular complexity index is 1050. The lowest BCUT2D eigenvalue weighted by molar-refractivity contribution is -0.120. The Balaban J connectivity index is 1.54. The number of thiocarbonyl (C=S) groups is 1. The standard InChI is InChI=1S/C23H19N3OS2/c24-14-18-17-12-7-13-19(17)29-22(18)26-23(28)25-21(27)20(15-8-3-1-4-9-15)16-10-5-2-6-11-16/h1-6,8-11,20H,7,12-13H2,(H2,25,26,27,28). The molecule has 0 aliphatic heterocycles. The number of thiophene rings is 1. The molecule has 0 bridgehead atoms. The molecule has 1 amide bonds. The van der Waals surface area contributed by atoms with E-state index in [4.69, 9.17) is 12.2 Å². The normalized spacial score (nSPS) is 12.3. The fourth-order valence-electron chi connectivity index (χ4n) is 3.72. The Morgan fingerprint density at radius 3 is 2.24 bits per heavy atom. The minimum Gasteiger partial charge on any atom is -0.323 e. The molecule has 1 aliphatic carbocycles. The van der Waals surface area contributed by atoms with Crippen molar-refractivity contribution in [1.82, 2.24) is 5.32 Å². The van der Waals surface area contributed by atoms with E-state index in [1.807, 2.05) is 60.7 Å². The zero-order valence-corrected chi connectivity index (χ0v) is 17.3. The van der Waals surface area contributed by atoms with Crippen LogP contribution in [0.15, 0.2) is 60.7 Å². The van der Waals surface area contributed by atoms with Gasteiger partial charge in [0.05, 0.1) is 11.5 Å². The van der Waals surface area contributed by atoms with Crippen molar-refractivity contribution < 1.29 is 4.79 Å². The van der Waals surface area contributed by atoms with Crippen LogP contribution < -0.4 is 10.6 Å². The van der Waals surface area contributed by atoms with E-state index in [9.17, 15) is 10.1 Å². The number of nitrogens with one attached hydrogen (secondary N) is 2. The summed E-state index contributed by atoms with van der Waals surface area (Å²) in [6, 6.07) is 21.6. The Kier molecular flexibility index (Phi) is 5.70. The van der Waals surface area contributed by atoms with Crippen LogP contribution in [0.2, 0.25) is 0 Å². The smallest absolute Gasteiger partial charge is 0.238 e. The van der Waals surface area contributed by atoms with Gasteiger partial charge in [-0.2, -0.15) is 5.26 Å². The van der Waals surface area contributed by atoms with Crippen LogP contribution in [0.4, 0.5) is 5.00 Å². The van der Waals surface area contributed by atoms with Crippen LogP contribution >= 0.6 is 23.6 Å². The van der Waals surface area contributed by atoms with Gasteiger partial charge >= 0.3 is 0 Å². The first-order valence-corrected chi connectivity index (χ1v) is 10.7. The predicted molar refractivity (Wildman–Crippen MR) is 120 cm³/mol. The van der Waals surface area contributed by atoms with Crippen molar-refractivity contribution in [1.29, 1.82) is 5.26 Å². The van der Waals surface area contributed by atoms with Gasteiger partial charge in [0.1, 0.15) is 11.1 Å². The van der Waals surface area contributed by atoms with Crippen LogP contribution in [-0.2, 0) is 17.6 Å². The number of benzene rings is 2. The number of amides is 1. The minimum atomic E-state index is -0.471. The third-order valence-electron chi connectivity index (χ3n) is 5.02. The highest BCUT2D eigenvalue weighted by molar-refractivity contribution is 7.80. The second kappa shape index (κ2) is 8.56. The van der Waals surface area contributed by atoms with E-state index in [0.717, 1.165) is 41.0 Å². The maximum absolute atomic E-state index is 13.1. The molecule has 0 fully saturated rings. The molecule has 0 saturated heterocycles. The first-order valence-electron chi connectivity index (χ1n) is 9.43. The summed E-state index contributed by atoms with van der Waals surface area (Å²) in [6.07, 6.45) is 3.02. The van der Waals surface area contributed by atoms with Gasteiger partial charge < -0.3 is 10.6 Å². The molecule has 1 aliphatic rings. The molecule has 2 aromatic carbocycles. The van der Waals surface area contributed by atoms with Crippen molar-refractivity contribution in [3.8, 4) is 6.07 Å². The second-order valence-corrected chi connectivity index (χ2v) is 8.38. The highest BCUT2D eigenvalue weighted by atomic mass is 32.1. The number of nitrogens with zero attached hydrogens (tertiary/aromatic N) is 1. The van der Waals surface area contributed by atoms with Gasteiger partial charge in [0.15, 0.2) is 5.11 Å². The average molecular weight is 418 g/mol. The molecular weight excluding hydrogens is 398 g/mol. The molecule has 3 aromatic rings. The van der Waals surface area contributed by atoms with Crippen molar-refractivity contribution in [3.05, 3.63) is 87.8 Å². The monoisotopic (exact) mass is 417 g/mol. The van der Waals surface area contributed by atoms with Gasteiger partial charge in [0, 0.05) is 4.88 Å². The summed E-state index contributed by atoms with van der Waals surface area (Å²) in [5.74, 6) is -0.677. The van der Waals surface area contributed by atoms with Crippen molar-refractivity contribution in [3.63, 3.8) is 0 Å². The zero-order chi connectivity index (χ0) is 20.2. The highest BCUT2D eigenvalue weighted by Gasteiger charge is 2.25. The molecule has 0 atom stereocenters. The number of hydrogen-bond donors (Lipinski definition) is 2. The minimum absolute atomic E-state index is 0.206. The Labute approximate surface area is 179 Å². The number of carbonyl (C=O) groups excluding carboxylic acids is 1. The summed E-state index contributed by atoms with van der Waals surface area (Å²) in [7, 11) is 0. The maximum Gasteiger partial charge on any atom is 0.238 e. The van der Waals surface area contributed by atoms with Gasteiger partial charge in [-0.15, -0.1) is 11.3 Å². The summed E-state index contributed by atoms with van der Waals surface area (Å²) in [5.41, 5.74) is 3.57. The zero-order valence-electron chi connectivity index (χ0n) is 15.6. The van der Waals surface area contributed by atoms with Gasteiger partial charge in [-0.05, 0) is 48.2 Å². The van der Waals surface area contributed by atoms with Crippen LogP contribution in [0.3, 0.4) is 0 Å². The van der Waals surface area contributed by atoms with Gasteiger partial charge in [-0.3, -0.25) is 4.79 Å². The third-order valence-corrected chi connectivity index (χ3v) is 6.44. The summed E-state index contributed by atoms with van der Waals surface area (Å²) < 4.78 is 0. The highest BCUT2D eigenvalue weighted by Crippen LogP contribution is 2.38. The van der Waals surface area contributed by atoms with E-state index < -0.39 is 5.92 Å². The largest absolute Gasteiger partial charge is 0.323 e. The number of nitriles is 1. The lowest BCUT2D eigenvalue weighted by Crippen LogP contribution is -2.37. The van der Waals surface area contributed by atoms with Crippen molar-refractivity contribution >= 4 is 39.6 Å². The van der Waals surface area contributed by atoms with Crippen molar-refractivity contribution in [2.75, 3.05) is 5.32 Å². The quantitative estimate of drug-likeness (QED) is 0.601. The van der Waals surface area contributed by atoms with Crippen molar-refractivity contribution in [2.45, 2.75) is 25.2 Å². The summed E-state index contributed by atoms with van der Waals surface area (Å²) in [6.45, 7) is 0. The van der Waals surface area contributed by atoms with E-state index >= 15 is 0 Å². The van der Waals surface area contributed by atoms with Crippen LogP contribution in [0, 0.1) is 11.3 Å². The molecule has 4 nitrogen and oxygen atoms in total. The maximum atomic E-state index is 13.1. The first-order chi connectivity index (χ1) is 14.2. The van der Waals surface area contributed by atoms with Crippen molar-refractivity contribution in [2.24, 2.45) is 0 Å². The first kappa shape index (κ1) is 19.3. The fraction of sp³-hybridized carbons (Fsp3) is 0.174. The van der Waals surface area contributed by atoms with Gasteiger partial charge in [-0.25, -0.2) is 0 Å². The fourth-order valence-corrected chi connectivity index (χ4v) is 5.23. The number of aryl methyl sites for hydroxylation is 1. The van der Waals surface area contributed by atoms with E-state index in [1.165, 1.54) is 4.88 Å². The van der Waals surface area contributed by atoms with E-state index in [1.54, 1.807) is 11.3 Å². The van der Waals surface area contributed by atoms with Crippen LogP contribution in [0.5, 0.6) is 0 Å². The lowest BCUT2D eigenvalue weighted by atomic mass is 9.90. The van der Waals surface area contributed by atoms with Gasteiger partial charge in [0.25, 0.3) is 0 Å². The summed E-state index contributed by atoms with van der Waals surface area (Å²) in [5, 5.41) is 16.4. The Hall–Kier alpha value is -3.01. The second-order valence-electron chi connectivity index (χ2n) is 6.87. The van der Waals surface area contributed by atoms with E-state index in [0.29, 0.717) is 5.56 Å². The number of hydrogen-bond acceptors (Lipinski definition) is 4.